The van der Waals surface area contributed by atoms with Gasteiger partial charge in [0.15, 0.2) is 17.2 Å². The minimum Gasteiger partial charge on any atom is -0.476 e. The maximum absolute atomic E-state index is 13.9. The van der Waals surface area contributed by atoms with Gasteiger partial charge in [0.2, 0.25) is 0 Å². The van der Waals surface area contributed by atoms with Gasteiger partial charge >= 0.3 is 11.7 Å². The third-order valence-corrected chi connectivity index (χ3v) is 2.72. The van der Waals surface area contributed by atoms with Crippen LogP contribution >= 0.6 is 0 Å². The molecule has 0 aliphatic rings. The molecule has 1 N–H and O–H groups in total. The zero-order valence-corrected chi connectivity index (χ0v) is 10.6. The van der Waals surface area contributed by atoms with E-state index < -0.39 is 39.6 Å². The average molecular weight is 298 g/mol. The molecule has 21 heavy (non-hydrogen) atoms. The van der Waals surface area contributed by atoms with E-state index in [1.807, 2.05) is 0 Å². The Morgan fingerprint density at radius 3 is 2.67 bits per heavy atom. The van der Waals surface area contributed by atoms with Crippen LogP contribution in [0.2, 0.25) is 0 Å². The van der Waals surface area contributed by atoms with Crippen molar-refractivity contribution in [3.05, 3.63) is 45.3 Å². The number of nitro benzene ring substituents is 1. The normalized spacial score (nSPS) is 10.6. The van der Waals surface area contributed by atoms with Crippen molar-refractivity contribution in [3.8, 4) is 5.69 Å². The van der Waals surface area contributed by atoms with Gasteiger partial charge in [-0.2, -0.15) is 0 Å². The highest BCUT2D eigenvalue weighted by Crippen LogP contribution is 2.28. The van der Waals surface area contributed by atoms with Gasteiger partial charge in [0.25, 0.3) is 0 Å². The molecule has 0 bridgehead atoms. The first-order valence-corrected chi connectivity index (χ1v) is 5.68. The Morgan fingerprint density at radius 1 is 1.48 bits per heavy atom. The van der Waals surface area contributed by atoms with Gasteiger partial charge in [0, 0.05) is 6.07 Å². The maximum Gasteiger partial charge on any atom is 0.358 e. The molecule has 0 unspecified atom stereocenters. The number of hydrogen-bond acceptors (Lipinski definition) is 5. The largest absolute Gasteiger partial charge is 0.476 e. The van der Waals surface area contributed by atoms with Crippen molar-refractivity contribution in [1.29, 1.82) is 0 Å². The summed E-state index contributed by atoms with van der Waals surface area (Å²) in [5.74, 6) is -3.76. The van der Waals surface area contributed by atoms with Crippen molar-refractivity contribution in [3.63, 3.8) is 0 Å². The maximum atomic E-state index is 13.9. The summed E-state index contributed by atoms with van der Waals surface area (Å²) < 4.78 is 27.7. The highest BCUT2D eigenvalue weighted by atomic mass is 19.1. The molecule has 2 aromatic rings. The van der Waals surface area contributed by atoms with Gasteiger partial charge in [-0.05, 0) is 6.42 Å². The molecule has 0 fully saturated rings. The van der Waals surface area contributed by atoms with Gasteiger partial charge in [0.1, 0.15) is 5.82 Å². The summed E-state index contributed by atoms with van der Waals surface area (Å²) in [6, 6.07) is 0.976. The van der Waals surface area contributed by atoms with Crippen LogP contribution in [-0.2, 0) is 6.42 Å². The van der Waals surface area contributed by atoms with Crippen molar-refractivity contribution in [2.45, 2.75) is 13.3 Å². The SMILES string of the molecule is CCc1c(C(=O)O)nnn1-c1c(F)cc(F)cc1[N+](=O)[O-]. The summed E-state index contributed by atoms with van der Waals surface area (Å²) in [6.07, 6.45) is 0.0859. The molecule has 0 aliphatic carbocycles. The first-order valence-electron chi connectivity index (χ1n) is 5.68. The van der Waals surface area contributed by atoms with Gasteiger partial charge < -0.3 is 5.11 Å². The lowest BCUT2D eigenvalue weighted by molar-refractivity contribution is -0.385. The summed E-state index contributed by atoms with van der Waals surface area (Å²) in [5.41, 5.74) is -2.01. The Labute approximate surface area is 115 Å². The zero-order chi connectivity index (χ0) is 15.7. The fourth-order valence-corrected chi connectivity index (χ4v) is 1.87. The Kier molecular flexibility index (Phi) is 3.61. The fourth-order valence-electron chi connectivity index (χ4n) is 1.87. The molecule has 1 aromatic carbocycles. The summed E-state index contributed by atoms with van der Waals surface area (Å²) in [5, 5.41) is 26.7. The van der Waals surface area contributed by atoms with Crippen LogP contribution in [0.5, 0.6) is 0 Å². The summed E-state index contributed by atoms with van der Waals surface area (Å²) >= 11 is 0. The molecule has 110 valence electrons. The number of halogens is 2. The van der Waals surface area contributed by atoms with Crippen molar-refractivity contribution in [2.24, 2.45) is 0 Å². The summed E-state index contributed by atoms with van der Waals surface area (Å²) in [6.45, 7) is 1.55. The average Bonchev–Trinajstić information content (AvgIpc) is 2.81. The van der Waals surface area contributed by atoms with E-state index in [2.05, 4.69) is 10.3 Å². The highest BCUT2D eigenvalue weighted by molar-refractivity contribution is 5.86. The number of carbonyl (C=O) groups is 1. The molecule has 0 saturated heterocycles. The van der Waals surface area contributed by atoms with Gasteiger partial charge in [0.05, 0.1) is 16.7 Å². The lowest BCUT2D eigenvalue weighted by Gasteiger charge is -2.07. The van der Waals surface area contributed by atoms with Gasteiger partial charge in [-0.25, -0.2) is 18.3 Å². The molecule has 0 spiro atoms. The second-order valence-electron chi connectivity index (χ2n) is 3.97. The Balaban J connectivity index is 2.79. The van der Waals surface area contributed by atoms with Crippen LogP contribution in [0, 0.1) is 21.7 Å². The topological polar surface area (TPSA) is 111 Å². The number of aromatic carboxylic acids is 1. The van der Waals surface area contributed by atoms with Crippen LogP contribution < -0.4 is 0 Å². The number of carboxylic acid groups (broad SMARTS) is 1. The lowest BCUT2D eigenvalue weighted by atomic mass is 10.2. The third-order valence-electron chi connectivity index (χ3n) is 2.72. The third kappa shape index (κ3) is 2.42. The molecule has 0 aliphatic heterocycles. The minimum absolute atomic E-state index is 0.0314. The second-order valence-corrected chi connectivity index (χ2v) is 3.97. The van der Waals surface area contributed by atoms with Crippen LogP contribution in [0.1, 0.15) is 23.1 Å². The Hall–Kier alpha value is -2.91. The quantitative estimate of drug-likeness (QED) is 0.679. The predicted octanol–water partition coefficient (Wildman–Crippen LogP) is 1.71. The fraction of sp³-hybridized carbons (Fsp3) is 0.182. The molecule has 8 nitrogen and oxygen atoms in total. The minimum atomic E-state index is -1.40. The highest BCUT2D eigenvalue weighted by Gasteiger charge is 2.27. The van der Waals surface area contributed by atoms with Crippen molar-refractivity contribution in [1.82, 2.24) is 15.0 Å². The standard InChI is InChI=1S/C11H8F2N4O4/c1-2-7-9(11(18)19)14-15-16(7)10-6(13)3-5(12)4-8(10)17(20)21/h3-4H,2H2,1H3,(H,18,19). The zero-order valence-electron chi connectivity index (χ0n) is 10.6. The Morgan fingerprint density at radius 2 is 2.14 bits per heavy atom. The van der Waals surface area contributed by atoms with Gasteiger partial charge in [-0.1, -0.05) is 12.1 Å². The molecule has 2 rings (SSSR count). The van der Waals surface area contributed by atoms with Gasteiger partial charge in [-0.15, -0.1) is 5.10 Å². The molecule has 0 radical (unpaired) electrons. The van der Waals surface area contributed by atoms with E-state index in [4.69, 9.17) is 5.11 Å². The number of hydrogen-bond donors (Lipinski definition) is 1. The molecule has 0 saturated carbocycles. The molecule has 10 heteroatoms. The predicted molar refractivity (Wildman–Crippen MR) is 64.3 cm³/mol. The van der Waals surface area contributed by atoms with E-state index in [1.54, 1.807) is 6.92 Å². The number of nitro groups is 1. The molecular weight excluding hydrogens is 290 g/mol. The van der Waals surface area contributed by atoms with E-state index >= 15 is 0 Å². The van der Waals surface area contributed by atoms with Crippen LogP contribution in [-0.4, -0.2) is 31.0 Å². The second kappa shape index (κ2) is 5.23. The molecular formula is C11H8F2N4O4. The first kappa shape index (κ1) is 14.5. The van der Waals surface area contributed by atoms with E-state index in [1.165, 1.54) is 0 Å². The van der Waals surface area contributed by atoms with Crippen LogP contribution in [0.4, 0.5) is 14.5 Å². The monoisotopic (exact) mass is 298 g/mol. The number of carboxylic acids is 1. The Bertz CT molecular complexity index is 744. The first-order chi connectivity index (χ1) is 9.86. The summed E-state index contributed by atoms with van der Waals surface area (Å²) in [4.78, 5) is 20.9. The van der Waals surface area contributed by atoms with Crippen molar-refractivity contribution in [2.75, 3.05) is 0 Å². The van der Waals surface area contributed by atoms with E-state index in [9.17, 15) is 23.7 Å². The van der Waals surface area contributed by atoms with Crippen LogP contribution in [0.15, 0.2) is 12.1 Å². The molecule has 0 atom stereocenters. The summed E-state index contributed by atoms with van der Waals surface area (Å²) in [7, 11) is 0. The van der Waals surface area contributed by atoms with Crippen LogP contribution in [0.3, 0.4) is 0 Å². The molecule has 1 heterocycles. The van der Waals surface area contributed by atoms with Gasteiger partial charge in [-0.3, -0.25) is 10.1 Å². The van der Waals surface area contributed by atoms with Crippen LogP contribution in [0.25, 0.3) is 5.69 Å². The van der Waals surface area contributed by atoms with Crippen molar-refractivity contribution < 1.29 is 23.6 Å². The smallest absolute Gasteiger partial charge is 0.358 e. The number of nitrogens with zero attached hydrogens (tertiary/aromatic N) is 4. The van der Waals surface area contributed by atoms with E-state index in [0.717, 1.165) is 0 Å². The molecule has 1 aromatic heterocycles. The van der Waals surface area contributed by atoms with E-state index in [-0.39, 0.29) is 12.1 Å². The number of rotatable bonds is 4. The number of aromatic nitrogens is 3. The van der Waals surface area contributed by atoms with E-state index in [0.29, 0.717) is 16.8 Å². The number of benzene rings is 1. The molecule has 0 amide bonds. The van der Waals surface area contributed by atoms with Crippen molar-refractivity contribution >= 4 is 11.7 Å². The lowest BCUT2D eigenvalue weighted by Crippen LogP contribution is -2.10.